The third-order valence-electron chi connectivity index (χ3n) is 4.38. The van der Waals surface area contributed by atoms with E-state index in [0.29, 0.717) is 18.4 Å². The van der Waals surface area contributed by atoms with E-state index >= 15 is 0 Å². The lowest BCUT2D eigenvalue weighted by atomic mass is 10.1. The minimum absolute atomic E-state index is 0. The van der Waals surface area contributed by atoms with Crippen LogP contribution < -0.4 is 5.32 Å². The number of hydrogen-bond donors (Lipinski definition) is 1. The smallest absolute Gasteiger partial charge is 0.223 e. The van der Waals surface area contributed by atoms with Gasteiger partial charge in [-0.15, -0.1) is 12.4 Å². The second kappa shape index (κ2) is 8.69. The molecule has 2 heterocycles. The molecule has 6 heteroatoms. The van der Waals surface area contributed by atoms with Gasteiger partial charge in [-0.05, 0) is 38.7 Å². The van der Waals surface area contributed by atoms with Gasteiger partial charge in [0.25, 0.3) is 0 Å². The maximum atomic E-state index is 12.4. The maximum absolute atomic E-state index is 12.4. The van der Waals surface area contributed by atoms with E-state index in [4.69, 9.17) is 0 Å². The summed E-state index contributed by atoms with van der Waals surface area (Å²) in [5.74, 6) is 0.846. The Bertz CT molecular complexity index is 527. The Kier molecular flexibility index (Phi) is 7.55. The van der Waals surface area contributed by atoms with Gasteiger partial charge in [0.15, 0.2) is 0 Å². The zero-order chi connectivity index (χ0) is 16.3. The molecule has 0 bridgehead atoms. The van der Waals surface area contributed by atoms with Crippen LogP contribution in [-0.4, -0.2) is 46.3 Å². The van der Waals surface area contributed by atoms with Gasteiger partial charge in [0.1, 0.15) is 0 Å². The van der Waals surface area contributed by atoms with Crippen LogP contribution in [0.2, 0.25) is 0 Å². The summed E-state index contributed by atoms with van der Waals surface area (Å²) in [5.41, 5.74) is 3.53. The number of aryl methyl sites for hydroxylation is 1. The van der Waals surface area contributed by atoms with Gasteiger partial charge in [0, 0.05) is 44.3 Å². The molecular weight excluding hydrogens is 312 g/mol. The minimum atomic E-state index is 0. The molecule has 1 atom stereocenters. The third-order valence-corrected chi connectivity index (χ3v) is 4.38. The molecule has 1 saturated heterocycles. The van der Waals surface area contributed by atoms with Crippen molar-refractivity contribution in [3.05, 3.63) is 17.0 Å². The van der Waals surface area contributed by atoms with E-state index in [0.717, 1.165) is 38.3 Å². The quantitative estimate of drug-likeness (QED) is 0.893. The van der Waals surface area contributed by atoms with Crippen molar-refractivity contribution in [2.75, 3.05) is 19.6 Å². The van der Waals surface area contributed by atoms with Crippen LogP contribution in [0.5, 0.6) is 0 Å². The molecule has 1 fully saturated rings. The molecular formula is C17H31ClN4O. The minimum Gasteiger partial charge on any atom is -0.340 e. The lowest BCUT2D eigenvalue weighted by Crippen LogP contribution is -2.51. The van der Waals surface area contributed by atoms with Gasteiger partial charge in [0.05, 0.1) is 5.69 Å². The van der Waals surface area contributed by atoms with Crippen LogP contribution in [0.4, 0.5) is 0 Å². The number of carbonyl (C=O) groups is 1. The highest BCUT2D eigenvalue weighted by Crippen LogP contribution is 2.17. The summed E-state index contributed by atoms with van der Waals surface area (Å²) in [6.07, 6.45) is 1.38. The van der Waals surface area contributed by atoms with Gasteiger partial charge in [-0.2, -0.15) is 5.10 Å². The lowest BCUT2D eigenvalue weighted by Gasteiger charge is -2.32. The second-order valence-electron chi connectivity index (χ2n) is 6.92. The molecule has 0 saturated carbocycles. The topological polar surface area (TPSA) is 50.2 Å². The fourth-order valence-corrected chi connectivity index (χ4v) is 3.17. The first-order valence-electron chi connectivity index (χ1n) is 8.42. The van der Waals surface area contributed by atoms with Crippen molar-refractivity contribution in [2.45, 2.75) is 60.0 Å². The fraction of sp³-hybridized carbons (Fsp3) is 0.765. The molecule has 2 rings (SSSR count). The second-order valence-corrected chi connectivity index (χ2v) is 6.92. The number of nitrogens with one attached hydrogen (secondary N) is 1. The standard InChI is InChI=1S/C17H30N4O.ClH/c1-12(2)10-21-15(5)16(14(4)19-21)6-7-17(22)20-9-8-18-13(3)11-20;/h12-13,18H,6-11H2,1-5H3;1H. The number of halogens is 1. The summed E-state index contributed by atoms with van der Waals surface area (Å²) in [7, 11) is 0. The van der Waals surface area contributed by atoms with Crippen molar-refractivity contribution in [3.63, 3.8) is 0 Å². The van der Waals surface area contributed by atoms with E-state index in [1.807, 2.05) is 4.90 Å². The normalized spacial score (nSPS) is 18.2. The molecule has 5 nitrogen and oxygen atoms in total. The predicted molar refractivity (Wildman–Crippen MR) is 96.2 cm³/mol. The number of aromatic nitrogens is 2. The summed E-state index contributed by atoms with van der Waals surface area (Å²) in [6, 6.07) is 0.398. The highest BCUT2D eigenvalue weighted by atomic mass is 35.5. The first-order chi connectivity index (χ1) is 10.4. The van der Waals surface area contributed by atoms with Crippen molar-refractivity contribution in [1.82, 2.24) is 20.0 Å². The van der Waals surface area contributed by atoms with E-state index < -0.39 is 0 Å². The molecule has 0 aliphatic carbocycles. The Hall–Kier alpha value is -1.07. The summed E-state index contributed by atoms with van der Waals surface area (Å²) < 4.78 is 2.09. The van der Waals surface area contributed by atoms with E-state index in [1.165, 1.54) is 11.3 Å². The number of rotatable bonds is 5. The lowest BCUT2D eigenvalue weighted by molar-refractivity contribution is -0.132. The molecule has 1 aromatic rings. The van der Waals surface area contributed by atoms with Crippen molar-refractivity contribution in [2.24, 2.45) is 5.92 Å². The number of nitrogens with zero attached hydrogens (tertiary/aromatic N) is 3. The molecule has 1 aliphatic rings. The zero-order valence-corrected chi connectivity index (χ0v) is 15.9. The molecule has 0 radical (unpaired) electrons. The van der Waals surface area contributed by atoms with Crippen molar-refractivity contribution in [3.8, 4) is 0 Å². The average Bonchev–Trinajstić information content (AvgIpc) is 2.70. The largest absolute Gasteiger partial charge is 0.340 e. The number of piperazine rings is 1. The highest BCUT2D eigenvalue weighted by molar-refractivity contribution is 5.85. The number of hydrogen-bond acceptors (Lipinski definition) is 3. The Morgan fingerprint density at radius 1 is 1.39 bits per heavy atom. The Morgan fingerprint density at radius 3 is 2.70 bits per heavy atom. The Morgan fingerprint density at radius 2 is 2.09 bits per heavy atom. The van der Waals surface area contributed by atoms with Gasteiger partial charge >= 0.3 is 0 Å². The van der Waals surface area contributed by atoms with Crippen LogP contribution in [0.1, 0.15) is 44.1 Å². The predicted octanol–water partition coefficient (Wildman–Crippen LogP) is 2.33. The number of carbonyl (C=O) groups excluding carboxylic acids is 1. The van der Waals surface area contributed by atoms with E-state index in [2.05, 4.69) is 49.7 Å². The van der Waals surface area contributed by atoms with Gasteiger partial charge in [-0.1, -0.05) is 13.8 Å². The SMILES string of the molecule is Cc1nn(CC(C)C)c(C)c1CCC(=O)N1CCNC(C)C1.Cl. The summed E-state index contributed by atoms with van der Waals surface area (Å²) >= 11 is 0. The molecule has 1 aliphatic heterocycles. The van der Waals surface area contributed by atoms with Crippen LogP contribution in [0, 0.1) is 19.8 Å². The molecule has 0 spiro atoms. The van der Waals surface area contributed by atoms with Gasteiger partial charge in [0.2, 0.25) is 5.91 Å². The summed E-state index contributed by atoms with van der Waals surface area (Å²) in [6.45, 7) is 14.2. The first-order valence-corrected chi connectivity index (χ1v) is 8.42. The molecule has 1 N–H and O–H groups in total. The van der Waals surface area contributed by atoms with Crippen LogP contribution in [-0.2, 0) is 17.8 Å². The van der Waals surface area contributed by atoms with E-state index in [-0.39, 0.29) is 18.3 Å². The highest BCUT2D eigenvalue weighted by Gasteiger charge is 2.21. The molecule has 1 amide bonds. The first kappa shape index (κ1) is 20.0. The average molecular weight is 343 g/mol. The molecule has 1 unspecified atom stereocenters. The Labute approximate surface area is 146 Å². The molecule has 132 valence electrons. The Balaban J connectivity index is 0.00000264. The van der Waals surface area contributed by atoms with E-state index in [1.54, 1.807) is 0 Å². The zero-order valence-electron chi connectivity index (χ0n) is 15.1. The van der Waals surface area contributed by atoms with Gasteiger partial charge in [-0.3, -0.25) is 9.48 Å². The molecule has 23 heavy (non-hydrogen) atoms. The van der Waals surface area contributed by atoms with Crippen molar-refractivity contribution >= 4 is 18.3 Å². The summed E-state index contributed by atoms with van der Waals surface area (Å²) in [5, 5.41) is 8.01. The van der Waals surface area contributed by atoms with E-state index in [9.17, 15) is 4.79 Å². The third kappa shape index (κ3) is 5.21. The van der Waals surface area contributed by atoms with Crippen LogP contribution in [0.3, 0.4) is 0 Å². The van der Waals surface area contributed by atoms with Crippen molar-refractivity contribution < 1.29 is 4.79 Å². The van der Waals surface area contributed by atoms with Crippen molar-refractivity contribution in [1.29, 1.82) is 0 Å². The van der Waals surface area contributed by atoms with Gasteiger partial charge < -0.3 is 10.2 Å². The van der Waals surface area contributed by atoms with Crippen LogP contribution in [0.25, 0.3) is 0 Å². The fourth-order valence-electron chi connectivity index (χ4n) is 3.17. The monoisotopic (exact) mass is 342 g/mol. The van der Waals surface area contributed by atoms with Crippen LogP contribution in [0.15, 0.2) is 0 Å². The summed E-state index contributed by atoms with van der Waals surface area (Å²) in [4.78, 5) is 14.4. The maximum Gasteiger partial charge on any atom is 0.223 e. The number of amides is 1. The van der Waals surface area contributed by atoms with Crippen LogP contribution >= 0.6 is 12.4 Å². The van der Waals surface area contributed by atoms with Gasteiger partial charge in [-0.25, -0.2) is 0 Å². The molecule has 0 aromatic carbocycles. The molecule has 1 aromatic heterocycles.